The van der Waals surface area contributed by atoms with Crippen LogP contribution >= 0.6 is 0 Å². The number of rotatable bonds is 4. The Morgan fingerprint density at radius 3 is 2.46 bits per heavy atom. The second-order valence-electron chi connectivity index (χ2n) is 5.71. The maximum absolute atomic E-state index is 11.8. The molecule has 24 heavy (non-hydrogen) atoms. The molecule has 0 unspecified atom stereocenters. The zero-order valence-electron chi connectivity index (χ0n) is 14.1. The van der Waals surface area contributed by atoms with Crippen LogP contribution in [0.3, 0.4) is 0 Å². The summed E-state index contributed by atoms with van der Waals surface area (Å²) in [6.07, 6.45) is 2.16. The van der Waals surface area contributed by atoms with E-state index in [9.17, 15) is 4.79 Å². The molecule has 0 bridgehead atoms. The van der Waals surface area contributed by atoms with Crippen LogP contribution in [0.4, 0.5) is 5.82 Å². The molecule has 1 aliphatic rings. The molecule has 0 radical (unpaired) electrons. The van der Waals surface area contributed by atoms with Crippen LogP contribution in [-0.2, 0) is 4.79 Å². The van der Waals surface area contributed by atoms with Gasteiger partial charge in [0.1, 0.15) is 17.9 Å². The van der Waals surface area contributed by atoms with Crippen LogP contribution in [0.2, 0.25) is 0 Å². The van der Waals surface area contributed by atoms with Gasteiger partial charge in [0.2, 0.25) is 5.91 Å². The first-order valence-corrected chi connectivity index (χ1v) is 8.20. The molecule has 0 atom stereocenters. The lowest BCUT2D eigenvalue weighted by Gasteiger charge is -2.35. The number of benzene rings is 1. The highest BCUT2D eigenvalue weighted by atomic mass is 16.5. The summed E-state index contributed by atoms with van der Waals surface area (Å²) < 4.78 is 5.19. The summed E-state index contributed by atoms with van der Waals surface area (Å²) in [7, 11) is 1.65. The molecule has 1 fully saturated rings. The number of ether oxygens (including phenoxy) is 1. The molecule has 126 valence electrons. The number of carbonyl (C=O) groups excluding carboxylic acids is 1. The number of carbonyl (C=O) groups is 1. The van der Waals surface area contributed by atoms with Crippen molar-refractivity contribution in [2.75, 3.05) is 38.2 Å². The van der Waals surface area contributed by atoms with Crippen LogP contribution in [0.5, 0.6) is 5.75 Å². The molecule has 1 aromatic carbocycles. The second-order valence-corrected chi connectivity index (χ2v) is 5.71. The Morgan fingerprint density at radius 1 is 1.12 bits per heavy atom. The average Bonchev–Trinajstić information content (AvgIpc) is 2.67. The first-order valence-electron chi connectivity index (χ1n) is 8.20. The molecule has 0 aliphatic carbocycles. The molecule has 1 aromatic heterocycles. The van der Waals surface area contributed by atoms with Crippen molar-refractivity contribution in [2.24, 2.45) is 0 Å². The van der Waals surface area contributed by atoms with Crippen LogP contribution < -0.4 is 9.64 Å². The van der Waals surface area contributed by atoms with E-state index < -0.39 is 0 Å². The van der Waals surface area contributed by atoms with Gasteiger partial charge in [-0.2, -0.15) is 0 Å². The first kappa shape index (κ1) is 16.2. The highest BCUT2D eigenvalue weighted by Gasteiger charge is 2.21. The van der Waals surface area contributed by atoms with Gasteiger partial charge >= 0.3 is 0 Å². The summed E-state index contributed by atoms with van der Waals surface area (Å²) in [6.45, 7) is 4.99. The minimum absolute atomic E-state index is 0.219. The highest BCUT2D eigenvalue weighted by Crippen LogP contribution is 2.23. The minimum Gasteiger partial charge on any atom is -0.497 e. The van der Waals surface area contributed by atoms with E-state index in [0.717, 1.165) is 49.0 Å². The number of amides is 1. The molecule has 0 saturated carbocycles. The van der Waals surface area contributed by atoms with Crippen LogP contribution in [0.25, 0.3) is 11.3 Å². The van der Waals surface area contributed by atoms with Crippen molar-refractivity contribution in [2.45, 2.75) is 13.3 Å². The lowest BCUT2D eigenvalue weighted by Crippen LogP contribution is -2.48. The lowest BCUT2D eigenvalue weighted by molar-refractivity contribution is -0.131. The van der Waals surface area contributed by atoms with Crippen LogP contribution in [-0.4, -0.2) is 54.1 Å². The van der Waals surface area contributed by atoms with Crippen molar-refractivity contribution >= 4 is 11.7 Å². The highest BCUT2D eigenvalue weighted by molar-refractivity contribution is 5.76. The van der Waals surface area contributed by atoms with E-state index in [0.29, 0.717) is 6.42 Å². The largest absolute Gasteiger partial charge is 0.497 e. The predicted molar refractivity (Wildman–Crippen MR) is 93.1 cm³/mol. The normalized spacial score (nSPS) is 14.6. The van der Waals surface area contributed by atoms with Crippen molar-refractivity contribution in [1.29, 1.82) is 0 Å². The zero-order chi connectivity index (χ0) is 16.9. The van der Waals surface area contributed by atoms with Crippen molar-refractivity contribution in [3.05, 3.63) is 36.7 Å². The Kier molecular flexibility index (Phi) is 4.93. The molecule has 6 heteroatoms. The number of methoxy groups -OCH3 is 1. The van der Waals surface area contributed by atoms with E-state index in [4.69, 9.17) is 4.74 Å². The van der Waals surface area contributed by atoms with E-state index in [-0.39, 0.29) is 5.91 Å². The van der Waals surface area contributed by atoms with Crippen molar-refractivity contribution < 1.29 is 9.53 Å². The SMILES string of the molecule is CCC(=O)N1CCN(c2cc(-c3ccc(OC)cc3)ncn2)CC1. The molecule has 2 heterocycles. The zero-order valence-corrected chi connectivity index (χ0v) is 14.1. The Bertz CT molecular complexity index is 694. The third kappa shape index (κ3) is 3.48. The van der Waals surface area contributed by atoms with Crippen molar-refractivity contribution in [1.82, 2.24) is 14.9 Å². The second kappa shape index (κ2) is 7.29. The summed E-state index contributed by atoms with van der Waals surface area (Å²) >= 11 is 0. The third-order valence-electron chi connectivity index (χ3n) is 4.30. The van der Waals surface area contributed by atoms with Gasteiger partial charge in [-0.1, -0.05) is 6.92 Å². The number of anilines is 1. The molecule has 6 nitrogen and oxygen atoms in total. The Labute approximate surface area is 142 Å². The van der Waals surface area contributed by atoms with Gasteiger partial charge in [-0.25, -0.2) is 9.97 Å². The Balaban J connectivity index is 1.72. The summed E-state index contributed by atoms with van der Waals surface area (Å²) in [6, 6.07) is 9.82. The lowest BCUT2D eigenvalue weighted by atomic mass is 10.1. The van der Waals surface area contributed by atoms with Gasteiger partial charge in [0, 0.05) is 44.2 Å². The number of aromatic nitrogens is 2. The van der Waals surface area contributed by atoms with E-state index in [2.05, 4.69) is 14.9 Å². The molecule has 3 rings (SSSR count). The van der Waals surface area contributed by atoms with Crippen LogP contribution in [0.15, 0.2) is 36.7 Å². The van der Waals surface area contributed by atoms with Gasteiger partial charge in [0.15, 0.2) is 0 Å². The van der Waals surface area contributed by atoms with Gasteiger partial charge in [-0.3, -0.25) is 4.79 Å². The number of hydrogen-bond acceptors (Lipinski definition) is 5. The Morgan fingerprint density at radius 2 is 1.83 bits per heavy atom. The number of hydrogen-bond donors (Lipinski definition) is 0. The fraction of sp³-hybridized carbons (Fsp3) is 0.389. The summed E-state index contributed by atoms with van der Waals surface area (Å²) in [5.41, 5.74) is 1.91. The van der Waals surface area contributed by atoms with Gasteiger partial charge < -0.3 is 14.5 Å². The summed E-state index contributed by atoms with van der Waals surface area (Å²) in [4.78, 5) is 24.7. The van der Waals surface area contributed by atoms with Gasteiger partial charge in [0.25, 0.3) is 0 Å². The number of piperazine rings is 1. The molecule has 1 saturated heterocycles. The van der Waals surface area contributed by atoms with Crippen molar-refractivity contribution in [3.8, 4) is 17.0 Å². The monoisotopic (exact) mass is 326 g/mol. The standard InChI is InChI=1S/C18H22N4O2/c1-3-18(23)22-10-8-21(9-11-22)17-12-16(19-13-20-17)14-4-6-15(24-2)7-5-14/h4-7,12-13H,3,8-11H2,1-2H3. The van der Waals surface area contributed by atoms with Crippen LogP contribution in [0.1, 0.15) is 13.3 Å². The molecule has 0 N–H and O–H groups in total. The quantitative estimate of drug-likeness (QED) is 0.862. The van der Waals surface area contributed by atoms with E-state index >= 15 is 0 Å². The molecule has 1 aliphatic heterocycles. The van der Waals surface area contributed by atoms with E-state index in [1.165, 1.54) is 0 Å². The van der Waals surface area contributed by atoms with E-state index in [1.807, 2.05) is 42.2 Å². The summed E-state index contributed by atoms with van der Waals surface area (Å²) in [5, 5.41) is 0. The average molecular weight is 326 g/mol. The molecule has 0 spiro atoms. The van der Waals surface area contributed by atoms with Gasteiger partial charge in [0.05, 0.1) is 12.8 Å². The predicted octanol–water partition coefficient (Wildman–Crippen LogP) is 2.21. The molecular formula is C18H22N4O2. The van der Waals surface area contributed by atoms with Gasteiger partial charge in [-0.05, 0) is 24.3 Å². The van der Waals surface area contributed by atoms with Crippen LogP contribution in [0, 0.1) is 0 Å². The molecule has 2 aromatic rings. The maximum Gasteiger partial charge on any atom is 0.222 e. The third-order valence-corrected chi connectivity index (χ3v) is 4.30. The topological polar surface area (TPSA) is 58.6 Å². The maximum atomic E-state index is 11.8. The fourth-order valence-corrected chi connectivity index (χ4v) is 2.85. The van der Waals surface area contributed by atoms with Crippen molar-refractivity contribution in [3.63, 3.8) is 0 Å². The first-order chi connectivity index (χ1) is 11.7. The molecule has 1 amide bonds. The van der Waals surface area contributed by atoms with E-state index in [1.54, 1.807) is 13.4 Å². The molecular weight excluding hydrogens is 304 g/mol. The fourth-order valence-electron chi connectivity index (χ4n) is 2.85. The Hall–Kier alpha value is -2.63. The number of nitrogens with zero attached hydrogens (tertiary/aromatic N) is 4. The summed E-state index contributed by atoms with van der Waals surface area (Å²) in [5.74, 6) is 1.94. The smallest absolute Gasteiger partial charge is 0.222 e. The van der Waals surface area contributed by atoms with Gasteiger partial charge in [-0.15, -0.1) is 0 Å². The minimum atomic E-state index is 0.219.